The summed E-state index contributed by atoms with van der Waals surface area (Å²) in [4.78, 5) is 0. The third-order valence-corrected chi connectivity index (χ3v) is 3.14. The van der Waals surface area contributed by atoms with Gasteiger partial charge in [0.05, 0.1) is 0 Å². The van der Waals surface area contributed by atoms with Gasteiger partial charge in [-0.3, -0.25) is 0 Å². The standard InChI is InChI=1S/C16H16F3N/c1-2-20-15(10-11-5-3-6-12(17)9-11)13-7-4-8-14(18)16(13)19/h3-9,15,20H,2,10H2,1H3. The molecule has 2 rings (SSSR count). The van der Waals surface area contributed by atoms with Crippen molar-refractivity contribution in [1.82, 2.24) is 5.32 Å². The number of halogens is 3. The first-order valence-corrected chi connectivity index (χ1v) is 6.53. The van der Waals surface area contributed by atoms with Crippen LogP contribution in [0.5, 0.6) is 0 Å². The van der Waals surface area contributed by atoms with Crippen LogP contribution in [0.15, 0.2) is 42.5 Å². The van der Waals surface area contributed by atoms with Crippen molar-refractivity contribution in [2.24, 2.45) is 0 Å². The topological polar surface area (TPSA) is 12.0 Å². The molecular formula is C16H16F3N. The van der Waals surface area contributed by atoms with Gasteiger partial charge in [0.2, 0.25) is 0 Å². The summed E-state index contributed by atoms with van der Waals surface area (Å²) >= 11 is 0. The molecule has 0 spiro atoms. The molecule has 2 aromatic rings. The molecule has 0 amide bonds. The lowest BCUT2D eigenvalue weighted by molar-refractivity contribution is 0.464. The van der Waals surface area contributed by atoms with E-state index in [2.05, 4.69) is 5.32 Å². The Bertz CT molecular complexity index is 584. The van der Waals surface area contributed by atoms with E-state index in [-0.39, 0.29) is 11.4 Å². The van der Waals surface area contributed by atoms with Crippen LogP contribution in [0.1, 0.15) is 24.1 Å². The minimum atomic E-state index is -0.871. The molecule has 106 valence electrons. The van der Waals surface area contributed by atoms with E-state index in [4.69, 9.17) is 0 Å². The van der Waals surface area contributed by atoms with Crippen LogP contribution in [0.3, 0.4) is 0 Å². The average molecular weight is 279 g/mol. The largest absolute Gasteiger partial charge is 0.310 e. The van der Waals surface area contributed by atoms with E-state index in [0.717, 1.165) is 11.6 Å². The molecule has 0 saturated heterocycles. The van der Waals surface area contributed by atoms with Crippen LogP contribution < -0.4 is 5.32 Å². The van der Waals surface area contributed by atoms with Gasteiger partial charge in [0, 0.05) is 11.6 Å². The minimum Gasteiger partial charge on any atom is -0.310 e. The van der Waals surface area contributed by atoms with Gasteiger partial charge in [-0.05, 0) is 36.7 Å². The van der Waals surface area contributed by atoms with E-state index in [1.807, 2.05) is 6.92 Å². The molecule has 0 heterocycles. The second-order valence-electron chi connectivity index (χ2n) is 4.59. The number of hydrogen-bond donors (Lipinski definition) is 1. The summed E-state index contributed by atoms with van der Waals surface area (Å²) in [5.41, 5.74) is 0.996. The van der Waals surface area contributed by atoms with E-state index in [1.54, 1.807) is 18.2 Å². The molecule has 1 N–H and O–H groups in total. The van der Waals surface area contributed by atoms with E-state index in [9.17, 15) is 13.2 Å². The van der Waals surface area contributed by atoms with Crippen molar-refractivity contribution in [3.63, 3.8) is 0 Å². The van der Waals surface area contributed by atoms with E-state index in [1.165, 1.54) is 18.2 Å². The van der Waals surface area contributed by atoms with Gasteiger partial charge in [0.1, 0.15) is 5.82 Å². The fourth-order valence-corrected chi connectivity index (χ4v) is 2.23. The molecule has 0 aliphatic rings. The monoisotopic (exact) mass is 279 g/mol. The number of rotatable bonds is 5. The molecule has 20 heavy (non-hydrogen) atoms. The quantitative estimate of drug-likeness (QED) is 0.872. The number of hydrogen-bond acceptors (Lipinski definition) is 1. The van der Waals surface area contributed by atoms with Crippen molar-refractivity contribution < 1.29 is 13.2 Å². The van der Waals surface area contributed by atoms with Crippen LogP contribution >= 0.6 is 0 Å². The maximum atomic E-state index is 13.9. The molecule has 4 heteroatoms. The second kappa shape index (κ2) is 6.57. The lowest BCUT2D eigenvalue weighted by Gasteiger charge is -2.19. The second-order valence-corrected chi connectivity index (χ2v) is 4.59. The first-order valence-electron chi connectivity index (χ1n) is 6.53. The van der Waals surface area contributed by atoms with Gasteiger partial charge in [0.25, 0.3) is 0 Å². The van der Waals surface area contributed by atoms with Crippen LogP contribution in [0.2, 0.25) is 0 Å². The average Bonchev–Trinajstić information content (AvgIpc) is 2.42. The van der Waals surface area contributed by atoms with Gasteiger partial charge in [-0.2, -0.15) is 0 Å². The Morgan fingerprint density at radius 3 is 2.50 bits per heavy atom. The molecule has 0 radical (unpaired) electrons. The molecular weight excluding hydrogens is 263 g/mol. The molecule has 0 aromatic heterocycles. The van der Waals surface area contributed by atoms with E-state index in [0.29, 0.717) is 13.0 Å². The summed E-state index contributed by atoms with van der Waals surface area (Å²) in [6.07, 6.45) is 0.395. The Labute approximate surface area is 116 Å². The highest BCUT2D eigenvalue weighted by Gasteiger charge is 2.18. The minimum absolute atomic E-state index is 0.260. The number of benzene rings is 2. The predicted octanol–water partition coefficient (Wildman–Crippen LogP) is 4.00. The van der Waals surface area contributed by atoms with Gasteiger partial charge in [0.15, 0.2) is 11.6 Å². The van der Waals surface area contributed by atoms with Crippen LogP contribution in [0, 0.1) is 17.5 Å². The summed E-state index contributed by atoms with van der Waals surface area (Å²) in [7, 11) is 0. The van der Waals surface area contributed by atoms with Crippen molar-refractivity contribution in [2.45, 2.75) is 19.4 Å². The summed E-state index contributed by atoms with van der Waals surface area (Å²) < 4.78 is 40.4. The molecule has 2 aromatic carbocycles. The first-order chi connectivity index (χ1) is 9.61. The SMILES string of the molecule is CCNC(Cc1cccc(F)c1)c1cccc(F)c1F. The summed E-state index contributed by atoms with van der Waals surface area (Å²) in [6, 6.07) is 9.85. The highest BCUT2D eigenvalue weighted by molar-refractivity contribution is 5.26. The Morgan fingerprint density at radius 1 is 1.05 bits per heavy atom. The van der Waals surface area contributed by atoms with Gasteiger partial charge >= 0.3 is 0 Å². The van der Waals surface area contributed by atoms with E-state index < -0.39 is 17.7 Å². The molecule has 0 aliphatic carbocycles. The van der Waals surface area contributed by atoms with Crippen molar-refractivity contribution >= 4 is 0 Å². The third kappa shape index (κ3) is 3.39. The highest BCUT2D eigenvalue weighted by atomic mass is 19.2. The smallest absolute Gasteiger partial charge is 0.163 e. The summed E-state index contributed by atoms with van der Waals surface area (Å²) in [6.45, 7) is 2.49. The molecule has 0 saturated carbocycles. The number of likely N-dealkylation sites (N-methyl/N-ethyl adjacent to an activating group) is 1. The molecule has 1 atom stereocenters. The molecule has 0 bridgehead atoms. The molecule has 0 fully saturated rings. The normalized spacial score (nSPS) is 12.4. The summed E-state index contributed by atoms with van der Waals surface area (Å²) in [5, 5.41) is 3.11. The fourth-order valence-electron chi connectivity index (χ4n) is 2.23. The fraction of sp³-hybridized carbons (Fsp3) is 0.250. The Balaban J connectivity index is 2.29. The molecule has 1 nitrogen and oxygen atoms in total. The van der Waals surface area contributed by atoms with E-state index >= 15 is 0 Å². The van der Waals surface area contributed by atoms with Crippen molar-refractivity contribution in [3.8, 4) is 0 Å². The zero-order valence-electron chi connectivity index (χ0n) is 11.2. The summed E-state index contributed by atoms with van der Waals surface area (Å²) in [5.74, 6) is -2.06. The van der Waals surface area contributed by atoms with Crippen molar-refractivity contribution in [3.05, 3.63) is 71.0 Å². The van der Waals surface area contributed by atoms with Crippen LogP contribution in [-0.4, -0.2) is 6.54 Å². The Hall–Kier alpha value is -1.81. The van der Waals surface area contributed by atoms with Crippen molar-refractivity contribution in [2.75, 3.05) is 6.54 Å². The number of nitrogens with one attached hydrogen (secondary N) is 1. The van der Waals surface area contributed by atoms with Crippen molar-refractivity contribution in [1.29, 1.82) is 0 Å². The first kappa shape index (κ1) is 14.6. The van der Waals surface area contributed by atoms with Gasteiger partial charge < -0.3 is 5.32 Å². The molecule has 0 aliphatic heterocycles. The Morgan fingerprint density at radius 2 is 1.80 bits per heavy atom. The maximum Gasteiger partial charge on any atom is 0.163 e. The Kier molecular flexibility index (Phi) is 4.79. The highest BCUT2D eigenvalue weighted by Crippen LogP contribution is 2.23. The lowest BCUT2D eigenvalue weighted by Crippen LogP contribution is -2.24. The van der Waals surface area contributed by atoms with Crippen LogP contribution in [-0.2, 0) is 6.42 Å². The zero-order valence-corrected chi connectivity index (χ0v) is 11.2. The van der Waals surface area contributed by atoms with Gasteiger partial charge in [-0.25, -0.2) is 13.2 Å². The lowest BCUT2D eigenvalue weighted by atomic mass is 9.98. The van der Waals surface area contributed by atoms with Crippen LogP contribution in [0.25, 0.3) is 0 Å². The van der Waals surface area contributed by atoms with Gasteiger partial charge in [-0.1, -0.05) is 31.2 Å². The predicted molar refractivity (Wildman–Crippen MR) is 72.9 cm³/mol. The maximum absolute atomic E-state index is 13.9. The van der Waals surface area contributed by atoms with Gasteiger partial charge in [-0.15, -0.1) is 0 Å². The third-order valence-electron chi connectivity index (χ3n) is 3.14. The molecule has 1 unspecified atom stereocenters. The zero-order chi connectivity index (χ0) is 14.5. The van der Waals surface area contributed by atoms with Crippen LogP contribution in [0.4, 0.5) is 13.2 Å².